The van der Waals surface area contributed by atoms with Crippen molar-refractivity contribution in [3.05, 3.63) is 95.6 Å². The molecule has 0 bridgehead atoms. The molecule has 0 aliphatic heterocycles. The zero-order chi connectivity index (χ0) is 18.4. The number of phenolic OH excluding ortho intramolecular Hbond substituents is 1. The predicted molar refractivity (Wildman–Crippen MR) is 105 cm³/mol. The number of phenols is 1. The highest BCUT2D eigenvalue weighted by molar-refractivity contribution is 5.84. The van der Waals surface area contributed by atoms with Gasteiger partial charge in [0.2, 0.25) is 0 Å². The minimum Gasteiger partial charge on any atom is -0.507 e. The highest BCUT2D eigenvalue weighted by Gasteiger charge is 2.20. The van der Waals surface area contributed by atoms with E-state index in [1.165, 1.54) is 0 Å². The van der Waals surface area contributed by atoms with Gasteiger partial charge in [-0.05, 0) is 29.3 Å². The van der Waals surface area contributed by atoms with E-state index in [1.807, 2.05) is 60.7 Å². The van der Waals surface area contributed by atoms with Crippen molar-refractivity contribution < 1.29 is 9.84 Å². The largest absolute Gasteiger partial charge is 0.507 e. The summed E-state index contributed by atoms with van der Waals surface area (Å²) in [6, 6.07) is 24.3. The molecule has 2 atom stereocenters. The molecule has 0 heterocycles. The Morgan fingerprint density at radius 3 is 2.15 bits per heavy atom. The summed E-state index contributed by atoms with van der Waals surface area (Å²) in [4.78, 5) is 4.71. The number of nitrogens with two attached hydrogens (primary N) is 1. The minimum atomic E-state index is -0.303. The third-order valence-electron chi connectivity index (χ3n) is 4.27. The molecule has 0 spiro atoms. The van der Waals surface area contributed by atoms with E-state index in [4.69, 9.17) is 15.5 Å². The molecule has 0 aliphatic rings. The van der Waals surface area contributed by atoms with E-state index in [-0.39, 0.29) is 17.8 Å². The first-order valence-corrected chi connectivity index (χ1v) is 8.44. The molecule has 132 valence electrons. The molecule has 4 nitrogen and oxygen atoms in total. The second kappa shape index (κ2) is 8.32. The van der Waals surface area contributed by atoms with Gasteiger partial charge >= 0.3 is 0 Å². The number of rotatable bonds is 6. The van der Waals surface area contributed by atoms with Crippen LogP contribution in [0, 0.1) is 0 Å². The molecular weight excluding hydrogens is 324 g/mol. The summed E-state index contributed by atoms with van der Waals surface area (Å²) in [5.41, 5.74) is 9.14. The Bertz CT molecular complexity index is 864. The molecule has 0 fully saturated rings. The van der Waals surface area contributed by atoms with Crippen molar-refractivity contribution in [2.75, 3.05) is 7.11 Å². The zero-order valence-electron chi connectivity index (χ0n) is 14.6. The lowest BCUT2D eigenvalue weighted by atomic mass is 9.94. The Balaban J connectivity index is 1.96. The molecule has 0 unspecified atom stereocenters. The van der Waals surface area contributed by atoms with Crippen LogP contribution in [0.1, 0.15) is 28.8 Å². The number of aliphatic imine (C=N–C) groups is 1. The second-order valence-electron chi connectivity index (χ2n) is 5.99. The van der Waals surface area contributed by atoms with Gasteiger partial charge in [-0.15, -0.1) is 0 Å². The average molecular weight is 346 g/mol. The molecule has 3 aromatic carbocycles. The Morgan fingerprint density at radius 1 is 0.923 bits per heavy atom. The standard InChI is InChI=1S/C22H22N2O2/c1-26-19-12-13-20(25)18(14-19)15-24-22(17-10-6-3-7-11-17)21(23)16-8-4-2-5-9-16/h2-15,21-22,25H,23H2,1H3/t21-,22-/m0/s1. The summed E-state index contributed by atoms with van der Waals surface area (Å²) in [6.45, 7) is 0. The molecular formula is C22H22N2O2. The fraction of sp³-hybridized carbons (Fsp3) is 0.136. The van der Waals surface area contributed by atoms with Gasteiger partial charge in [-0.1, -0.05) is 60.7 Å². The minimum absolute atomic E-state index is 0.148. The lowest BCUT2D eigenvalue weighted by Gasteiger charge is -2.21. The van der Waals surface area contributed by atoms with Crippen LogP contribution in [0.5, 0.6) is 11.5 Å². The van der Waals surface area contributed by atoms with Crippen molar-refractivity contribution in [3.63, 3.8) is 0 Å². The van der Waals surface area contributed by atoms with Crippen molar-refractivity contribution in [2.24, 2.45) is 10.7 Å². The molecule has 0 saturated carbocycles. The molecule has 0 saturated heterocycles. The van der Waals surface area contributed by atoms with Gasteiger partial charge in [-0.2, -0.15) is 0 Å². The smallest absolute Gasteiger partial charge is 0.124 e. The van der Waals surface area contributed by atoms with E-state index < -0.39 is 0 Å². The van der Waals surface area contributed by atoms with Crippen LogP contribution in [0.2, 0.25) is 0 Å². The van der Waals surface area contributed by atoms with Crippen LogP contribution < -0.4 is 10.5 Å². The van der Waals surface area contributed by atoms with Crippen molar-refractivity contribution in [1.29, 1.82) is 0 Å². The molecule has 0 radical (unpaired) electrons. The van der Waals surface area contributed by atoms with Crippen LogP contribution >= 0.6 is 0 Å². The molecule has 3 N–H and O–H groups in total. The van der Waals surface area contributed by atoms with Gasteiger partial charge in [0.15, 0.2) is 0 Å². The number of methoxy groups -OCH3 is 1. The Morgan fingerprint density at radius 2 is 1.54 bits per heavy atom. The summed E-state index contributed by atoms with van der Waals surface area (Å²) in [5, 5.41) is 10.1. The summed E-state index contributed by atoms with van der Waals surface area (Å²) in [7, 11) is 1.59. The maximum absolute atomic E-state index is 10.1. The summed E-state index contributed by atoms with van der Waals surface area (Å²) in [6.07, 6.45) is 1.65. The fourth-order valence-electron chi connectivity index (χ4n) is 2.82. The second-order valence-corrected chi connectivity index (χ2v) is 5.99. The number of nitrogens with zero attached hydrogens (tertiary/aromatic N) is 1. The van der Waals surface area contributed by atoms with Crippen LogP contribution in [-0.2, 0) is 0 Å². The molecule has 0 aromatic heterocycles. The Hall–Kier alpha value is -3.11. The quantitative estimate of drug-likeness (QED) is 0.655. The van der Waals surface area contributed by atoms with Gasteiger partial charge in [-0.3, -0.25) is 4.99 Å². The number of hydrogen-bond donors (Lipinski definition) is 2. The van der Waals surface area contributed by atoms with Gasteiger partial charge in [0.05, 0.1) is 19.2 Å². The highest BCUT2D eigenvalue weighted by Crippen LogP contribution is 2.31. The summed E-state index contributed by atoms with van der Waals surface area (Å²) in [5.74, 6) is 0.808. The summed E-state index contributed by atoms with van der Waals surface area (Å²) >= 11 is 0. The van der Waals surface area contributed by atoms with Crippen molar-refractivity contribution in [3.8, 4) is 11.5 Å². The Kier molecular flexibility index (Phi) is 5.66. The van der Waals surface area contributed by atoms with Gasteiger partial charge in [0.25, 0.3) is 0 Å². The van der Waals surface area contributed by atoms with E-state index in [9.17, 15) is 5.11 Å². The van der Waals surface area contributed by atoms with Crippen LogP contribution in [0.3, 0.4) is 0 Å². The lowest BCUT2D eigenvalue weighted by Crippen LogP contribution is -2.18. The molecule has 3 rings (SSSR count). The number of benzene rings is 3. The molecule has 0 aliphatic carbocycles. The lowest BCUT2D eigenvalue weighted by molar-refractivity contribution is 0.412. The van der Waals surface area contributed by atoms with E-state index in [2.05, 4.69) is 0 Å². The highest BCUT2D eigenvalue weighted by atomic mass is 16.5. The number of ether oxygens (including phenoxy) is 1. The first kappa shape index (κ1) is 17.7. The van der Waals surface area contributed by atoms with E-state index in [0.29, 0.717) is 11.3 Å². The van der Waals surface area contributed by atoms with Gasteiger partial charge < -0.3 is 15.6 Å². The maximum atomic E-state index is 10.1. The first-order chi connectivity index (χ1) is 12.7. The number of aromatic hydroxyl groups is 1. The van der Waals surface area contributed by atoms with Gasteiger partial charge in [0, 0.05) is 11.8 Å². The normalized spacial score (nSPS) is 13.5. The van der Waals surface area contributed by atoms with Gasteiger partial charge in [-0.25, -0.2) is 0 Å². The Labute approximate surface area is 153 Å². The van der Waals surface area contributed by atoms with E-state index >= 15 is 0 Å². The van der Waals surface area contributed by atoms with Crippen molar-refractivity contribution in [1.82, 2.24) is 0 Å². The van der Waals surface area contributed by atoms with E-state index in [0.717, 1.165) is 11.1 Å². The van der Waals surface area contributed by atoms with Crippen molar-refractivity contribution >= 4 is 6.21 Å². The van der Waals surface area contributed by atoms with Crippen LogP contribution in [0.15, 0.2) is 83.9 Å². The molecule has 26 heavy (non-hydrogen) atoms. The van der Waals surface area contributed by atoms with Crippen LogP contribution in [0.25, 0.3) is 0 Å². The van der Waals surface area contributed by atoms with E-state index in [1.54, 1.807) is 31.5 Å². The third kappa shape index (κ3) is 4.10. The third-order valence-corrected chi connectivity index (χ3v) is 4.27. The van der Waals surface area contributed by atoms with Crippen LogP contribution in [0.4, 0.5) is 0 Å². The molecule has 0 amide bonds. The summed E-state index contributed by atoms with van der Waals surface area (Å²) < 4.78 is 5.22. The molecule has 3 aromatic rings. The van der Waals surface area contributed by atoms with Crippen molar-refractivity contribution in [2.45, 2.75) is 12.1 Å². The SMILES string of the molecule is COc1ccc(O)c(C=N[C@@H](c2ccccc2)[C@@H](N)c2ccccc2)c1. The topological polar surface area (TPSA) is 67.8 Å². The monoisotopic (exact) mass is 346 g/mol. The zero-order valence-corrected chi connectivity index (χ0v) is 14.6. The molecule has 4 heteroatoms. The van der Waals surface area contributed by atoms with Crippen LogP contribution in [-0.4, -0.2) is 18.4 Å². The van der Waals surface area contributed by atoms with Gasteiger partial charge in [0.1, 0.15) is 11.5 Å². The predicted octanol–water partition coefficient (Wildman–Crippen LogP) is 4.26. The maximum Gasteiger partial charge on any atom is 0.124 e. The first-order valence-electron chi connectivity index (χ1n) is 8.44. The average Bonchev–Trinajstić information content (AvgIpc) is 2.70. The fourth-order valence-corrected chi connectivity index (χ4v) is 2.82. The number of hydrogen-bond acceptors (Lipinski definition) is 4.